The van der Waals surface area contributed by atoms with Gasteiger partial charge in [0.1, 0.15) is 10.5 Å². The molecule has 0 spiro atoms. The van der Waals surface area contributed by atoms with Crippen LogP contribution in [-0.4, -0.2) is 58.0 Å². The second-order valence-corrected chi connectivity index (χ2v) is 9.70. The van der Waals surface area contributed by atoms with E-state index in [1.807, 2.05) is 57.2 Å². The first-order valence-electron chi connectivity index (χ1n) is 10.2. The van der Waals surface area contributed by atoms with Gasteiger partial charge in [0.2, 0.25) is 6.35 Å². The van der Waals surface area contributed by atoms with Crippen LogP contribution in [0.2, 0.25) is 0 Å². The summed E-state index contributed by atoms with van der Waals surface area (Å²) in [7, 11) is 0. The van der Waals surface area contributed by atoms with Gasteiger partial charge in [-0.1, -0.05) is 30.3 Å². The Labute approximate surface area is 180 Å². The number of hydrogen-bond acceptors (Lipinski definition) is 6. The summed E-state index contributed by atoms with van der Waals surface area (Å²) in [5.74, 6) is -0.167. The van der Waals surface area contributed by atoms with Crippen LogP contribution in [0.3, 0.4) is 0 Å². The Morgan fingerprint density at radius 1 is 1.20 bits per heavy atom. The Hall–Kier alpha value is -2.58. The molecule has 1 fully saturated rings. The van der Waals surface area contributed by atoms with Crippen molar-refractivity contribution in [3.8, 4) is 10.4 Å². The van der Waals surface area contributed by atoms with E-state index in [2.05, 4.69) is 5.32 Å². The van der Waals surface area contributed by atoms with Gasteiger partial charge in [-0.2, -0.15) is 0 Å². The molecule has 0 saturated carbocycles. The highest BCUT2D eigenvalue weighted by molar-refractivity contribution is 7.18. The first kappa shape index (κ1) is 20.7. The summed E-state index contributed by atoms with van der Waals surface area (Å²) in [6.07, 6.45) is -0.231. The number of aliphatic hydroxyl groups excluding tert-OH is 1. The van der Waals surface area contributed by atoms with Crippen LogP contribution in [0.25, 0.3) is 10.4 Å². The predicted molar refractivity (Wildman–Crippen MR) is 116 cm³/mol. The molecule has 1 saturated heterocycles. The predicted octanol–water partition coefficient (Wildman–Crippen LogP) is 3.96. The topological polar surface area (TPSA) is 82.1 Å². The van der Waals surface area contributed by atoms with E-state index in [9.17, 15) is 14.7 Å². The smallest absolute Gasteiger partial charge is 0.410 e. The van der Waals surface area contributed by atoms with Gasteiger partial charge in [0.15, 0.2) is 0 Å². The molecule has 2 aromatic rings. The van der Waals surface area contributed by atoms with E-state index in [0.29, 0.717) is 36.5 Å². The lowest BCUT2D eigenvalue weighted by molar-refractivity contribution is -0.0189. The molecule has 0 aliphatic carbocycles. The van der Waals surface area contributed by atoms with Crippen LogP contribution >= 0.6 is 11.3 Å². The Bertz CT molecular complexity index is 930. The lowest BCUT2D eigenvalue weighted by Gasteiger charge is -2.42. The number of carbonyl (C=O) groups is 2. The molecule has 8 heteroatoms. The highest BCUT2D eigenvalue weighted by Crippen LogP contribution is 2.39. The fourth-order valence-electron chi connectivity index (χ4n) is 3.86. The molecule has 1 aromatic carbocycles. The standard InChI is InChI=1S/C22H27N3O4S/c1-22(2,3)29-21(28)24-11-9-15(10-12-24)25-19(26)18-16(23-20(25)27)13-17(30-18)14-7-5-4-6-8-14/h4-8,13,15,20,23,27H,9-12H2,1-3H3. The maximum Gasteiger partial charge on any atom is 0.410 e. The molecule has 7 nitrogen and oxygen atoms in total. The number of hydrogen-bond donors (Lipinski definition) is 2. The number of aliphatic hydroxyl groups is 1. The Morgan fingerprint density at radius 3 is 2.50 bits per heavy atom. The summed E-state index contributed by atoms with van der Waals surface area (Å²) in [4.78, 5) is 30.3. The summed E-state index contributed by atoms with van der Waals surface area (Å²) < 4.78 is 5.44. The molecule has 1 aromatic heterocycles. The average Bonchev–Trinajstić information content (AvgIpc) is 3.12. The lowest BCUT2D eigenvalue weighted by Crippen LogP contribution is -2.56. The van der Waals surface area contributed by atoms with E-state index < -0.39 is 12.0 Å². The largest absolute Gasteiger partial charge is 0.444 e. The van der Waals surface area contributed by atoms with Crippen molar-refractivity contribution in [1.82, 2.24) is 9.80 Å². The zero-order chi connectivity index (χ0) is 21.5. The van der Waals surface area contributed by atoms with Crippen molar-refractivity contribution < 1.29 is 19.4 Å². The van der Waals surface area contributed by atoms with Crippen LogP contribution in [0.5, 0.6) is 0 Å². The number of thiophene rings is 1. The summed E-state index contributed by atoms with van der Waals surface area (Å²) >= 11 is 1.43. The lowest BCUT2D eigenvalue weighted by atomic mass is 10.0. The Balaban J connectivity index is 1.46. The van der Waals surface area contributed by atoms with Crippen LogP contribution in [-0.2, 0) is 4.74 Å². The van der Waals surface area contributed by atoms with E-state index >= 15 is 0 Å². The van der Waals surface area contributed by atoms with Crippen molar-refractivity contribution in [2.75, 3.05) is 18.4 Å². The van der Waals surface area contributed by atoms with Crippen LogP contribution in [0.4, 0.5) is 10.5 Å². The number of anilines is 1. The average molecular weight is 430 g/mol. The van der Waals surface area contributed by atoms with Gasteiger partial charge in [0.25, 0.3) is 5.91 Å². The number of fused-ring (bicyclic) bond motifs is 1. The minimum Gasteiger partial charge on any atom is -0.444 e. The Morgan fingerprint density at radius 2 is 1.87 bits per heavy atom. The molecule has 0 radical (unpaired) electrons. The van der Waals surface area contributed by atoms with Crippen molar-refractivity contribution in [3.05, 3.63) is 41.3 Å². The van der Waals surface area contributed by atoms with Gasteiger partial charge in [0.05, 0.1) is 5.69 Å². The van der Waals surface area contributed by atoms with Gasteiger partial charge in [0, 0.05) is 24.0 Å². The number of amides is 2. The summed E-state index contributed by atoms with van der Waals surface area (Å²) in [6.45, 7) is 6.50. The maximum absolute atomic E-state index is 13.2. The van der Waals surface area contributed by atoms with Crippen molar-refractivity contribution in [3.63, 3.8) is 0 Å². The molecule has 160 valence electrons. The molecule has 3 heterocycles. The monoisotopic (exact) mass is 429 g/mol. The summed E-state index contributed by atoms with van der Waals surface area (Å²) in [5.41, 5.74) is 1.17. The zero-order valence-electron chi connectivity index (χ0n) is 17.4. The summed E-state index contributed by atoms with van der Waals surface area (Å²) in [6, 6.07) is 11.7. The number of nitrogens with zero attached hydrogens (tertiary/aromatic N) is 2. The minimum absolute atomic E-state index is 0.144. The van der Waals surface area contributed by atoms with Gasteiger partial charge in [-0.3, -0.25) is 9.69 Å². The van der Waals surface area contributed by atoms with Crippen LogP contribution < -0.4 is 5.32 Å². The van der Waals surface area contributed by atoms with Crippen LogP contribution in [0.15, 0.2) is 36.4 Å². The van der Waals surface area contributed by atoms with Crippen molar-refractivity contribution in [1.29, 1.82) is 0 Å². The number of rotatable bonds is 2. The van der Waals surface area contributed by atoms with Gasteiger partial charge in [-0.05, 0) is 45.2 Å². The first-order valence-corrected chi connectivity index (χ1v) is 11.0. The van der Waals surface area contributed by atoms with E-state index in [1.54, 1.807) is 4.90 Å². The molecule has 30 heavy (non-hydrogen) atoms. The quantitative estimate of drug-likeness (QED) is 0.755. The third-order valence-electron chi connectivity index (χ3n) is 5.28. The highest BCUT2D eigenvalue weighted by Gasteiger charge is 2.39. The maximum atomic E-state index is 13.2. The highest BCUT2D eigenvalue weighted by atomic mass is 32.1. The second kappa shape index (κ2) is 7.92. The number of likely N-dealkylation sites (tertiary alicyclic amines) is 1. The third-order valence-corrected chi connectivity index (χ3v) is 6.45. The minimum atomic E-state index is -1.08. The molecule has 0 bridgehead atoms. The van der Waals surface area contributed by atoms with Gasteiger partial charge >= 0.3 is 6.09 Å². The SMILES string of the molecule is CC(C)(C)OC(=O)N1CCC(N2C(=O)c3sc(-c4ccccc4)cc3NC2O)CC1. The molecule has 1 atom stereocenters. The third kappa shape index (κ3) is 4.15. The van der Waals surface area contributed by atoms with E-state index in [4.69, 9.17) is 4.74 Å². The van der Waals surface area contributed by atoms with E-state index in [-0.39, 0.29) is 18.0 Å². The Kier molecular flexibility index (Phi) is 5.46. The molecule has 1 unspecified atom stereocenters. The number of carbonyl (C=O) groups excluding carboxylic acids is 2. The number of ether oxygens (including phenoxy) is 1. The molecular weight excluding hydrogens is 402 g/mol. The van der Waals surface area contributed by atoms with Crippen molar-refractivity contribution in [2.24, 2.45) is 0 Å². The molecular formula is C22H27N3O4S. The fourth-order valence-corrected chi connectivity index (χ4v) is 4.93. The van der Waals surface area contributed by atoms with Gasteiger partial charge in [-0.15, -0.1) is 11.3 Å². The van der Waals surface area contributed by atoms with E-state index in [0.717, 1.165) is 10.4 Å². The molecule has 2 amide bonds. The second-order valence-electron chi connectivity index (χ2n) is 8.65. The normalized spacial score (nSPS) is 20.0. The van der Waals surface area contributed by atoms with Crippen LogP contribution in [0.1, 0.15) is 43.3 Å². The summed E-state index contributed by atoms with van der Waals surface area (Å²) in [5, 5.41) is 13.7. The fraction of sp³-hybridized carbons (Fsp3) is 0.455. The van der Waals surface area contributed by atoms with Crippen molar-refractivity contribution >= 4 is 29.0 Å². The van der Waals surface area contributed by atoms with Crippen molar-refractivity contribution in [2.45, 2.75) is 51.6 Å². The van der Waals surface area contributed by atoms with Gasteiger partial charge in [-0.25, -0.2) is 4.79 Å². The number of benzene rings is 1. The molecule has 4 rings (SSSR count). The van der Waals surface area contributed by atoms with E-state index in [1.165, 1.54) is 16.2 Å². The number of nitrogens with one attached hydrogen (secondary N) is 1. The molecule has 2 N–H and O–H groups in total. The zero-order valence-corrected chi connectivity index (χ0v) is 18.2. The van der Waals surface area contributed by atoms with Crippen LogP contribution in [0, 0.1) is 0 Å². The number of piperidine rings is 1. The van der Waals surface area contributed by atoms with Gasteiger partial charge < -0.3 is 20.1 Å². The molecule has 2 aliphatic rings. The molecule has 2 aliphatic heterocycles. The first-order chi connectivity index (χ1) is 14.2.